The molecule has 9 nitrogen and oxygen atoms in total. The van der Waals surface area contributed by atoms with Gasteiger partial charge in [0, 0.05) is 37.2 Å². The number of alkyl halides is 3. The molecule has 0 bridgehead atoms. The molecule has 0 aliphatic rings. The smallest absolute Gasteiger partial charge is 0.365 e. The minimum Gasteiger partial charge on any atom is -0.365 e. The minimum atomic E-state index is -4.74. The van der Waals surface area contributed by atoms with Gasteiger partial charge in [-0.25, -0.2) is 18.4 Å². The van der Waals surface area contributed by atoms with Crippen LogP contribution in [0.5, 0.6) is 0 Å². The highest BCUT2D eigenvalue weighted by atomic mass is 32.2. The number of nitriles is 1. The number of sulfonamides is 1. The number of hydrogen-bond donors (Lipinski definition) is 2. The molecule has 0 radical (unpaired) electrons. The highest BCUT2D eigenvalue weighted by Crippen LogP contribution is 2.34. The van der Waals surface area contributed by atoms with Gasteiger partial charge in [0.1, 0.15) is 17.2 Å². The Morgan fingerprint density at radius 3 is 2.59 bits per heavy atom. The van der Waals surface area contributed by atoms with E-state index < -0.39 is 27.6 Å². The van der Waals surface area contributed by atoms with E-state index in [0.29, 0.717) is 23.0 Å². The molecule has 178 valence electrons. The van der Waals surface area contributed by atoms with Crippen LogP contribution >= 0.6 is 0 Å². The van der Waals surface area contributed by atoms with Gasteiger partial charge in [0.15, 0.2) is 0 Å². The molecule has 0 saturated carbocycles. The molecule has 34 heavy (non-hydrogen) atoms. The standard InChI is InChI=1S/C21H20F3N7O2S/c1-13-6-7-14(10-25)9-17(13)29-20-28-12-16(21(22,23)24)18(30-20)27-11-15-5-4-8-26-19(15)31(2)34(3,32)33/h4-9,12H,11H2,1-3H3,(H2,27,28,29,30). The average Bonchev–Trinajstić information content (AvgIpc) is 2.77. The maximum Gasteiger partial charge on any atom is 0.421 e. The van der Waals surface area contributed by atoms with Crippen molar-refractivity contribution in [3.05, 3.63) is 65.0 Å². The molecular weight excluding hydrogens is 471 g/mol. The van der Waals surface area contributed by atoms with Gasteiger partial charge in [-0.15, -0.1) is 0 Å². The van der Waals surface area contributed by atoms with Crippen LogP contribution in [-0.2, 0) is 22.7 Å². The Bertz CT molecular complexity index is 1360. The van der Waals surface area contributed by atoms with Crippen LogP contribution in [0, 0.1) is 18.3 Å². The molecule has 3 rings (SSSR count). The van der Waals surface area contributed by atoms with E-state index in [2.05, 4.69) is 25.6 Å². The van der Waals surface area contributed by atoms with Crippen molar-refractivity contribution in [2.75, 3.05) is 28.2 Å². The maximum atomic E-state index is 13.6. The van der Waals surface area contributed by atoms with Crippen molar-refractivity contribution in [3.63, 3.8) is 0 Å². The highest BCUT2D eigenvalue weighted by Gasteiger charge is 2.35. The number of benzene rings is 1. The van der Waals surface area contributed by atoms with Gasteiger partial charge in [-0.1, -0.05) is 12.1 Å². The lowest BCUT2D eigenvalue weighted by Gasteiger charge is -2.20. The average molecular weight is 491 g/mol. The molecule has 0 unspecified atom stereocenters. The van der Waals surface area contributed by atoms with Gasteiger partial charge in [-0.2, -0.15) is 23.4 Å². The molecule has 2 N–H and O–H groups in total. The first kappa shape index (κ1) is 24.7. The van der Waals surface area contributed by atoms with Crippen molar-refractivity contribution in [2.24, 2.45) is 0 Å². The number of hydrogen-bond acceptors (Lipinski definition) is 8. The molecule has 13 heteroatoms. The van der Waals surface area contributed by atoms with Crippen molar-refractivity contribution in [2.45, 2.75) is 19.6 Å². The predicted octanol–water partition coefficient (Wildman–Crippen LogP) is 3.82. The Morgan fingerprint density at radius 1 is 1.21 bits per heavy atom. The van der Waals surface area contributed by atoms with Crippen LogP contribution in [0.2, 0.25) is 0 Å². The van der Waals surface area contributed by atoms with Crippen molar-refractivity contribution in [1.82, 2.24) is 15.0 Å². The Balaban J connectivity index is 1.95. The molecule has 0 spiro atoms. The van der Waals surface area contributed by atoms with E-state index in [-0.39, 0.29) is 18.3 Å². The van der Waals surface area contributed by atoms with Gasteiger partial charge in [0.2, 0.25) is 16.0 Å². The monoisotopic (exact) mass is 491 g/mol. The van der Waals surface area contributed by atoms with Crippen molar-refractivity contribution in [1.29, 1.82) is 5.26 Å². The fraction of sp³-hybridized carbons (Fsp3) is 0.238. The SMILES string of the molecule is Cc1ccc(C#N)cc1Nc1ncc(C(F)(F)F)c(NCc2cccnc2N(C)S(C)(=O)=O)n1. The third kappa shape index (κ3) is 5.70. The molecule has 2 aromatic heterocycles. The van der Waals surface area contributed by atoms with Crippen LogP contribution in [0.3, 0.4) is 0 Å². The normalized spacial score (nSPS) is 11.6. The van der Waals surface area contributed by atoms with Gasteiger partial charge >= 0.3 is 6.18 Å². The van der Waals surface area contributed by atoms with E-state index in [4.69, 9.17) is 5.26 Å². The minimum absolute atomic E-state index is 0.0717. The summed E-state index contributed by atoms with van der Waals surface area (Å²) in [5.41, 5.74) is 0.809. The van der Waals surface area contributed by atoms with Crippen LogP contribution in [0.1, 0.15) is 22.3 Å². The van der Waals surface area contributed by atoms with Gasteiger partial charge in [0.05, 0.1) is 17.9 Å². The third-order valence-corrected chi connectivity index (χ3v) is 5.98. The Kier molecular flexibility index (Phi) is 6.92. The summed E-state index contributed by atoms with van der Waals surface area (Å²) in [4.78, 5) is 11.8. The summed E-state index contributed by atoms with van der Waals surface area (Å²) in [6, 6.07) is 9.91. The van der Waals surface area contributed by atoms with E-state index in [1.165, 1.54) is 19.3 Å². The number of aryl methyl sites for hydroxylation is 1. The van der Waals surface area contributed by atoms with Crippen molar-refractivity contribution < 1.29 is 21.6 Å². The first-order valence-corrected chi connectivity index (χ1v) is 11.6. The summed E-state index contributed by atoms with van der Waals surface area (Å²) >= 11 is 0. The molecule has 0 saturated heterocycles. The van der Waals surface area contributed by atoms with Crippen molar-refractivity contribution >= 4 is 33.3 Å². The molecule has 0 aliphatic heterocycles. The number of halogens is 3. The molecule has 0 fully saturated rings. The Morgan fingerprint density at radius 2 is 1.94 bits per heavy atom. The van der Waals surface area contributed by atoms with Gasteiger partial charge in [-0.3, -0.25) is 4.31 Å². The number of pyridine rings is 1. The van der Waals surface area contributed by atoms with Crippen LogP contribution in [-0.4, -0.2) is 36.7 Å². The van der Waals surface area contributed by atoms with Gasteiger partial charge < -0.3 is 10.6 Å². The van der Waals surface area contributed by atoms with Crippen LogP contribution in [0.4, 0.5) is 36.4 Å². The second-order valence-electron chi connectivity index (χ2n) is 7.29. The molecule has 2 heterocycles. The molecular formula is C21H20F3N7O2S. The molecule has 0 aliphatic carbocycles. The van der Waals surface area contributed by atoms with E-state index >= 15 is 0 Å². The summed E-state index contributed by atoms with van der Waals surface area (Å²) in [7, 11) is -2.34. The lowest BCUT2D eigenvalue weighted by molar-refractivity contribution is -0.137. The van der Waals surface area contributed by atoms with E-state index in [0.717, 1.165) is 16.1 Å². The summed E-state index contributed by atoms with van der Waals surface area (Å²) in [5.74, 6) is -0.549. The number of nitrogens with zero attached hydrogens (tertiary/aromatic N) is 5. The zero-order valence-corrected chi connectivity index (χ0v) is 19.2. The van der Waals surface area contributed by atoms with Crippen LogP contribution < -0.4 is 14.9 Å². The second-order valence-corrected chi connectivity index (χ2v) is 9.30. The fourth-order valence-corrected chi connectivity index (χ4v) is 3.40. The molecule has 0 amide bonds. The Hall–Kier alpha value is -3.92. The quantitative estimate of drug-likeness (QED) is 0.511. The summed E-state index contributed by atoms with van der Waals surface area (Å²) in [6.45, 7) is 1.57. The Labute approximate surface area is 194 Å². The summed E-state index contributed by atoms with van der Waals surface area (Å²) < 4.78 is 65.5. The van der Waals surface area contributed by atoms with Crippen LogP contribution in [0.25, 0.3) is 0 Å². The number of anilines is 4. The topological polar surface area (TPSA) is 124 Å². The largest absolute Gasteiger partial charge is 0.421 e. The molecule has 1 aromatic carbocycles. The van der Waals surface area contributed by atoms with E-state index in [1.54, 1.807) is 31.2 Å². The first-order valence-electron chi connectivity index (χ1n) is 9.74. The maximum absolute atomic E-state index is 13.6. The second kappa shape index (κ2) is 9.52. The number of nitrogens with one attached hydrogen (secondary N) is 2. The predicted molar refractivity (Wildman–Crippen MR) is 121 cm³/mol. The van der Waals surface area contributed by atoms with E-state index in [9.17, 15) is 21.6 Å². The third-order valence-electron chi connectivity index (χ3n) is 4.82. The summed E-state index contributed by atoms with van der Waals surface area (Å²) in [6.07, 6.45) is -1.72. The molecule has 3 aromatic rings. The summed E-state index contributed by atoms with van der Waals surface area (Å²) in [5, 5.41) is 14.5. The van der Waals surface area contributed by atoms with E-state index in [1.807, 2.05) is 6.07 Å². The zero-order chi connectivity index (χ0) is 25.1. The lowest BCUT2D eigenvalue weighted by Crippen LogP contribution is -2.27. The van der Waals surface area contributed by atoms with Crippen LogP contribution in [0.15, 0.2) is 42.7 Å². The number of rotatable bonds is 7. The molecule has 0 atom stereocenters. The lowest BCUT2D eigenvalue weighted by atomic mass is 10.1. The first-order chi connectivity index (χ1) is 15.9. The van der Waals surface area contributed by atoms with Gasteiger partial charge in [0.25, 0.3) is 0 Å². The fourth-order valence-electron chi connectivity index (χ4n) is 2.92. The number of aromatic nitrogens is 3. The van der Waals surface area contributed by atoms with Crippen molar-refractivity contribution in [3.8, 4) is 6.07 Å². The van der Waals surface area contributed by atoms with Gasteiger partial charge in [-0.05, 0) is 30.7 Å². The highest BCUT2D eigenvalue weighted by molar-refractivity contribution is 7.92. The zero-order valence-electron chi connectivity index (χ0n) is 18.3.